The largest absolute Gasteiger partial charge is 0.335 e. The molecule has 0 radical (unpaired) electrons. The van der Waals surface area contributed by atoms with Gasteiger partial charge >= 0.3 is 0 Å². The lowest BCUT2D eigenvalue weighted by molar-refractivity contribution is -0.129. The fourth-order valence-corrected chi connectivity index (χ4v) is 2.13. The Morgan fingerprint density at radius 2 is 2.06 bits per heavy atom. The van der Waals surface area contributed by atoms with E-state index in [0.717, 1.165) is 19.4 Å². The van der Waals surface area contributed by atoms with Crippen molar-refractivity contribution in [2.24, 2.45) is 5.41 Å². The standard InChI is InChI=1S/C14H22N2O/c1-11-7-5-6-8-16(11)13(17)12(10-15)9-14(2,3)4/h9,11H,5-8H2,1-4H3/t11-/m1/s1. The molecule has 0 bridgehead atoms. The zero-order valence-corrected chi connectivity index (χ0v) is 11.3. The number of rotatable bonds is 1. The van der Waals surface area contributed by atoms with Crippen LogP contribution in [0.1, 0.15) is 47.0 Å². The van der Waals surface area contributed by atoms with Crippen LogP contribution in [0.15, 0.2) is 11.6 Å². The highest BCUT2D eigenvalue weighted by Gasteiger charge is 2.26. The molecule has 3 nitrogen and oxygen atoms in total. The molecule has 1 amide bonds. The van der Waals surface area contributed by atoms with E-state index in [4.69, 9.17) is 5.26 Å². The summed E-state index contributed by atoms with van der Waals surface area (Å²) in [5, 5.41) is 9.11. The van der Waals surface area contributed by atoms with Crippen LogP contribution in [-0.2, 0) is 4.79 Å². The quantitative estimate of drug-likeness (QED) is 0.517. The van der Waals surface area contributed by atoms with Crippen LogP contribution in [0.2, 0.25) is 0 Å². The highest BCUT2D eigenvalue weighted by molar-refractivity contribution is 5.97. The molecule has 0 aromatic heterocycles. The van der Waals surface area contributed by atoms with Gasteiger partial charge in [-0.15, -0.1) is 0 Å². The number of hydrogen-bond donors (Lipinski definition) is 0. The first-order chi connectivity index (χ1) is 7.85. The van der Waals surface area contributed by atoms with Gasteiger partial charge in [-0.2, -0.15) is 5.26 Å². The van der Waals surface area contributed by atoms with Gasteiger partial charge in [0.05, 0.1) is 0 Å². The Hall–Kier alpha value is -1.30. The van der Waals surface area contributed by atoms with Crippen LogP contribution in [0.25, 0.3) is 0 Å². The Balaban J connectivity index is 2.87. The number of carbonyl (C=O) groups is 1. The molecule has 94 valence electrons. The number of carbonyl (C=O) groups excluding carboxylic acids is 1. The van der Waals surface area contributed by atoms with Crippen LogP contribution in [0.4, 0.5) is 0 Å². The number of amides is 1. The maximum Gasteiger partial charge on any atom is 0.264 e. The molecule has 1 heterocycles. The van der Waals surface area contributed by atoms with Crippen molar-refractivity contribution in [1.29, 1.82) is 5.26 Å². The van der Waals surface area contributed by atoms with E-state index in [2.05, 4.69) is 6.92 Å². The SMILES string of the molecule is C[C@@H]1CCCCN1C(=O)C(C#N)=CC(C)(C)C. The van der Waals surface area contributed by atoms with Crippen molar-refractivity contribution in [2.45, 2.75) is 53.0 Å². The lowest BCUT2D eigenvalue weighted by Gasteiger charge is -2.33. The van der Waals surface area contributed by atoms with E-state index in [1.165, 1.54) is 6.42 Å². The smallest absolute Gasteiger partial charge is 0.264 e. The first-order valence-electron chi connectivity index (χ1n) is 6.29. The van der Waals surface area contributed by atoms with Gasteiger partial charge < -0.3 is 4.90 Å². The average molecular weight is 234 g/mol. The van der Waals surface area contributed by atoms with Crippen molar-refractivity contribution >= 4 is 5.91 Å². The van der Waals surface area contributed by atoms with Crippen molar-refractivity contribution in [3.63, 3.8) is 0 Å². The Morgan fingerprint density at radius 3 is 2.53 bits per heavy atom. The molecule has 1 aliphatic heterocycles. The van der Waals surface area contributed by atoms with Gasteiger partial charge in [-0.25, -0.2) is 0 Å². The van der Waals surface area contributed by atoms with E-state index in [0.29, 0.717) is 0 Å². The predicted octanol–water partition coefficient (Wildman–Crippen LogP) is 2.88. The Kier molecular flexibility index (Phi) is 4.34. The van der Waals surface area contributed by atoms with Gasteiger partial charge in [-0.1, -0.05) is 26.8 Å². The van der Waals surface area contributed by atoms with Crippen molar-refractivity contribution in [3.05, 3.63) is 11.6 Å². The van der Waals surface area contributed by atoms with E-state index >= 15 is 0 Å². The molecule has 1 aliphatic rings. The van der Waals surface area contributed by atoms with Crippen LogP contribution in [0.5, 0.6) is 0 Å². The molecule has 1 atom stereocenters. The van der Waals surface area contributed by atoms with Crippen LogP contribution < -0.4 is 0 Å². The molecule has 1 rings (SSSR count). The number of likely N-dealkylation sites (tertiary alicyclic amines) is 1. The third-order valence-corrected chi connectivity index (χ3v) is 2.99. The highest BCUT2D eigenvalue weighted by atomic mass is 16.2. The first-order valence-corrected chi connectivity index (χ1v) is 6.29. The monoisotopic (exact) mass is 234 g/mol. The summed E-state index contributed by atoms with van der Waals surface area (Å²) in [6.07, 6.45) is 5.04. The van der Waals surface area contributed by atoms with E-state index in [1.807, 2.05) is 31.7 Å². The number of allylic oxidation sites excluding steroid dienone is 1. The third-order valence-electron chi connectivity index (χ3n) is 2.99. The van der Waals surface area contributed by atoms with Crippen molar-refractivity contribution in [3.8, 4) is 6.07 Å². The Labute approximate surface area is 104 Å². The summed E-state index contributed by atoms with van der Waals surface area (Å²) in [6.45, 7) is 8.83. The topological polar surface area (TPSA) is 44.1 Å². The molecule has 0 aromatic rings. The number of piperidine rings is 1. The predicted molar refractivity (Wildman–Crippen MR) is 68.2 cm³/mol. The highest BCUT2D eigenvalue weighted by Crippen LogP contribution is 2.22. The zero-order valence-electron chi connectivity index (χ0n) is 11.3. The minimum atomic E-state index is -0.139. The van der Waals surface area contributed by atoms with Crippen molar-refractivity contribution in [2.75, 3.05) is 6.54 Å². The van der Waals surface area contributed by atoms with Crippen LogP contribution in [0, 0.1) is 16.7 Å². The van der Waals surface area contributed by atoms with E-state index in [-0.39, 0.29) is 22.9 Å². The van der Waals surface area contributed by atoms with Gasteiger partial charge in [-0.3, -0.25) is 4.79 Å². The molecule has 0 saturated carbocycles. The van der Waals surface area contributed by atoms with E-state index in [1.54, 1.807) is 6.08 Å². The Bertz CT molecular complexity index is 357. The molecule has 0 aromatic carbocycles. The molecule has 17 heavy (non-hydrogen) atoms. The molecule has 0 unspecified atom stereocenters. The second-order valence-corrected chi connectivity index (χ2v) is 5.88. The van der Waals surface area contributed by atoms with Gasteiger partial charge in [-0.05, 0) is 31.6 Å². The fraction of sp³-hybridized carbons (Fsp3) is 0.714. The molecule has 1 saturated heterocycles. The second kappa shape index (κ2) is 5.35. The maximum absolute atomic E-state index is 12.3. The second-order valence-electron chi connectivity index (χ2n) is 5.88. The normalized spacial score (nSPS) is 22.2. The number of hydrogen-bond acceptors (Lipinski definition) is 2. The maximum atomic E-state index is 12.3. The van der Waals surface area contributed by atoms with Crippen molar-refractivity contribution in [1.82, 2.24) is 4.90 Å². The summed E-state index contributed by atoms with van der Waals surface area (Å²) in [5.41, 5.74) is 0.144. The summed E-state index contributed by atoms with van der Waals surface area (Å²) in [6, 6.07) is 2.30. The lowest BCUT2D eigenvalue weighted by Crippen LogP contribution is -2.42. The molecule has 3 heteroatoms. The van der Waals surface area contributed by atoms with Gasteiger partial charge in [0.2, 0.25) is 0 Å². The Morgan fingerprint density at radius 1 is 1.41 bits per heavy atom. The first kappa shape index (κ1) is 13.8. The van der Waals surface area contributed by atoms with Crippen LogP contribution >= 0.6 is 0 Å². The van der Waals surface area contributed by atoms with Gasteiger partial charge in [0.1, 0.15) is 11.6 Å². The summed E-state index contributed by atoms with van der Waals surface area (Å²) in [4.78, 5) is 14.1. The van der Waals surface area contributed by atoms with Gasteiger partial charge in [0, 0.05) is 12.6 Å². The molecule has 0 N–H and O–H groups in total. The molecule has 0 aliphatic carbocycles. The summed E-state index contributed by atoms with van der Waals surface area (Å²) in [5.74, 6) is -0.102. The summed E-state index contributed by atoms with van der Waals surface area (Å²) >= 11 is 0. The molecule has 1 fully saturated rings. The molecular weight excluding hydrogens is 212 g/mol. The van der Waals surface area contributed by atoms with E-state index in [9.17, 15) is 4.79 Å². The minimum absolute atomic E-state index is 0.102. The minimum Gasteiger partial charge on any atom is -0.335 e. The van der Waals surface area contributed by atoms with E-state index < -0.39 is 0 Å². The number of nitrogens with zero attached hydrogens (tertiary/aromatic N) is 2. The van der Waals surface area contributed by atoms with Gasteiger partial charge in [0.15, 0.2) is 0 Å². The average Bonchev–Trinajstić information content (AvgIpc) is 2.24. The van der Waals surface area contributed by atoms with Crippen molar-refractivity contribution < 1.29 is 4.79 Å². The molecular formula is C14H22N2O. The van der Waals surface area contributed by atoms with Crippen LogP contribution in [-0.4, -0.2) is 23.4 Å². The lowest BCUT2D eigenvalue weighted by atomic mass is 9.93. The fourth-order valence-electron chi connectivity index (χ4n) is 2.13. The summed E-state index contributed by atoms with van der Waals surface area (Å²) in [7, 11) is 0. The van der Waals surface area contributed by atoms with Crippen LogP contribution in [0.3, 0.4) is 0 Å². The zero-order chi connectivity index (χ0) is 13.1. The number of nitriles is 1. The van der Waals surface area contributed by atoms with Gasteiger partial charge in [0.25, 0.3) is 5.91 Å². The third kappa shape index (κ3) is 3.89. The summed E-state index contributed by atoms with van der Waals surface area (Å²) < 4.78 is 0. The molecule has 0 spiro atoms.